The number of halogens is 1. The fourth-order valence-electron chi connectivity index (χ4n) is 1.58. The lowest BCUT2D eigenvalue weighted by molar-refractivity contribution is -0.120. The first-order valence-corrected chi connectivity index (χ1v) is 6.39. The van der Waals surface area contributed by atoms with Crippen LogP contribution < -0.4 is 0 Å². The van der Waals surface area contributed by atoms with Crippen LogP contribution in [0.2, 0.25) is 0 Å². The van der Waals surface area contributed by atoms with E-state index in [2.05, 4.69) is 15.9 Å². The van der Waals surface area contributed by atoms with Gasteiger partial charge in [-0.2, -0.15) is 0 Å². The van der Waals surface area contributed by atoms with Crippen LogP contribution in [0.1, 0.15) is 23.2 Å². The van der Waals surface area contributed by atoms with E-state index < -0.39 is 0 Å². The van der Waals surface area contributed by atoms with Crippen molar-refractivity contribution in [2.24, 2.45) is 0 Å². The Labute approximate surface area is 100 Å². The van der Waals surface area contributed by atoms with E-state index in [0.29, 0.717) is 31.5 Å². The molecule has 0 unspecified atom stereocenters. The molecule has 1 fully saturated rings. The van der Waals surface area contributed by atoms with Gasteiger partial charge in [0, 0.05) is 25.9 Å². The summed E-state index contributed by atoms with van der Waals surface area (Å²) in [7, 11) is 0. The minimum Gasteiger partial charge on any atom is -0.338 e. The lowest BCUT2D eigenvalue weighted by atomic mass is 10.1. The van der Waals surface area contributed by atoms with Crippen LogP contribution >= 0.6 is 27.3 Å². The van der Waals surface area contributed by atoms with Crippen LogP contribution in [-0.2, 0) is 4.79 Å². The maximum atomic E-state index is 12.0. The molecule has 5 heteroatoms. The molecular weight excluding hydrogens is 278 g/mol. The number of carbonyl (C=O) groups is 2. The number of hydrogen-bond acceptors (Lipinski definition) is 3. The van der Waals surface area contributed by atoms with Gasteiger partial charge < -0.3 is 4.90 Å². The third kappa shape index (κ3) is 2.29. The highest BCUT2D eigenvalue weighted by Crippen LogP contribution is 2.25. The molecule has 1 saturated heterocycles. The van der Waals surface area contributed by atoms with Crippen LogP contribution in [0, 0.1) is 0 Å². The van der Waals surface area contributed by atoms with E-state index in [4.69, 9.17) is 0 Å². The average Bonchev–Trinajstić information content (AvgIpc) is 2.65. The third-order valence-electron chi connectivity index (χ3n) is 2.46. The number of rotatable bonds is 1. The normalized spacial score (nSPS) is 16.9. The monoisotopic (exact) mass is 287 g/mol. The van der Waals surface area contributed by atoms with Gasteiger partial charge in [-0.15, -0.1) is 11.3 Å². The molecule has 0 spiro atoms. The SMILES string of the molecule is O=C1CCN(C(=O)c2ccsc2Br)CC1. The Hall–Kier alpha value is -0.680. The van der Waals surface area contributed by atoms with Crippen molar-refractivity contribution in [3.05, 3.63) is 20.8 Å². The second kappa shape index (κ2) is 4.45. The van der Waals surface area contributed by atoms with Crippen LogP contribution in [0.25, 0.3) is 0 Å². The van der Waals surface area contributed by atoms with Gasteiger partial charge in [0.25, 0.3) is 5.91 Å². The second-order valence-electron chi connectivity index (χ2n) is 3.44. The number of likely N-dealkylation sites (tertiary alicyclic amines) is 1. The average molecular weight is 288 g/mol. The Kier molecular flexibility index (Phi) is 3.21. The van der Waals surface area contributed by atoms with E-state index in [9.17, 15) is 9.59 Å². The molecule has 0 aromatic carbocycles. The van der Waals surface area contributed by atoms with Gasteiger partial charge in [0.1, 0.15) is 5.78 Å². The largest absolute Gasteiger partial charge is 0.338 e. The lowest BCUT2D eigenvalue weighted by Crippen LogP contribution is -2.38. The molecule has 0 bridgehead atoms. The zero-order valence-electron chi connectivity index (χ0n) is 8.03. The molecule has 1 aromatic rings. The summed E-state index contributed by atoms with van der Waals surface area (Å²) in [4.78, 5) is 24.8. The van der Waals surface area contributed by atoms with Gasteiger partial charge in [0.05, 0.1) is 9.35 Å². The topological polar surface area (TPSA) is 37.4 Å². The van der Waals surface area contributed by atoms with E-state index in [1.165, 1.54) is 11.3 Å². The summed E-state index contributed by atoms with van der Waals surface area (Å²) in [5, 5.41) is 1.88. The molecule has 0 atom stereocenters. The maximum Gasteiger partial charge on any atom is 0.255 e. The molecule has 0 radical (unpaired) electrons. The van der Waals surface area contributed by atoms with Crippen molar-refractivity contribution in [2.45, 2.75) is 12.8 Å². The number of hydrogen-bond donors (Lipinski definition) is 0. The van der Waals surface area contributed by atoms with E-state index in [1.807, 2.05) is 11.4 Å². The number of Topliss-reactive ketones (excluding diaryl/α,β-unsaturated/α-hetero) is 1. The minimum absolute atomic E-state index is 0.0237. The Morgan fingerprint density at radius 3 is 2.60 bits per heavy atom. The van der Waals surface area contributed by atoms with Gasteiger partial charge >= 0.3 is 0 Å². The Morgan fingerprint density at radius 1 is 1.40 bits per heavy atom. The number of thiophene rings is 1. The Balaban J connectivity index is 2.09. The number of ketones is 1. The molecular formula is C10H10BrNO2S. The summed E-state index contributed by atoms with van der Waals surface area (Å²) in [6.45, 7) is 1.11. The smallest absolute Gasteiger partial charge is 0.255 e. The summed E-state index contributed by atoms with van der Waals surface area (Å²) >= 11 is 4.85. The van der Waals surface area contributed by atoms with Crippen molar-refractivity contribution in [2.75, 3.05) is 13.1 Å². The van der Waals surface area contributed by atoms with Crippen molar-refractivity contribution in [1.82, 2.24) is 4.90 Å². The van der Waals surface area contributed by atoms with Gasteiger partial charge in [-0.3, -0.25) is 9.59 Å². The summed E-state index contributed by atoms with van der Waals surface area (Å²) in [6, 6.07) is 1.81. The first kappa shape index (κ1) is 10.8. The third-order valence-corrected chi connectivity index (χ3v) is 4.14. The fourth-order valence-corrected chi connectivity index (χ4v) is 2.81. The molecule has 0 N–H and O–H groups in total. The first-order valence-electron chi connectivity index (χ1n) is 4.72. The first-order chi connectivity index (χ1) is 7.18. The molecule has 0 aliphatic carbocycles. The van der Waals surface area contributed by atoms with Gasteiger partial charge in [0.15, 0.2) is 0 Å². The quantitative estimate of drug-likeness (QED) is 0.795. The molecule has 1 aliphatic heterocycles. The molecule has 3 nitrogen and oxygen atoms in total. The molecule has 2 rings (SSSR count). The van der Waals surface area contributed by atoms with Gasteiger partial charge in [-0.25, -0.2) is 0 Å². The van der Waals surface area contributed by atoms with E-state index >= 15 is 0 Å². The van der Waals surface area contributed by atoms with Crippen LogP contribution in [0.4, 0.5) is 0 Å². The summed E-state index contributed by atoms with van der Waals surface area (Å²) in [6.07, 6.45) is 0.987. The highest BCUT2D eigenvalue weighted by Gasteiger charge is 2.23. The molecule has 0 saturated carbocycles. The van der Waals surface area contributed by atoms with Crippen LogP contribution in [0.3, 0.4) is 0 Å². The zero-order valence-corrected chi connectivity index (χ0v) is 10.4. The number of carbonyl (C=O) groups excluding carboxylic acids is 2. The van der Waals surface area contributed by atoms with Crippen LogP contribution in [-0.4, -0.2) is 29.7 Å². The summed E-state index contributed by atoms with van der Waals surface area (Å²) < 4.78 is 0.865. The minimum atomic E-state index is 0.0237. The fraction of sp³-hybridized carbons (Fsp3) is 0.400. The van der Waals surface area contributed by atoms with E-state index in [-0.39, 0.29) is 11.7 Å². The summed E-state index contributed by atoms with van der Waals surface area (Å²) in [5.41, 5.74) is 0.703. The summed E-state index contributed by atoms with van der Waals surface area (Å²) in [5.74, 6) is 0.277. The molecule has 80 valence electrons. The van der Waals surface area contributed by atoms with Crippen molar-refractivity contribution in [1.29, 1.82) is 0 Å². The number of amides is 1. The van der Waals surface area contributed by atoms with Crippen LogP contribution in [0.15, 0.2) is 15.2 Å². The number of nitrogens with zero attached hydrogens (tertiary/aromatic N) is 1. The van der Waals surface area contributed by atoms with E-state index in [1.54, 1.807) is 4.90 Å². The highest BCUT2D eigenvalue weighted by atomic mass is 79.9. The van der Waals surface area contributed by atoms with Gasteiger partial charge in [-0.05, 0) is 27.4 Å². The van der Waals surface area contributed by atoms with Crippen molar-refractivity contribution >= 4 is 39.0 Å². The van der Waals surface area contributed by atoms with Crippen molar-refractivity contribution < 1.29 is 9.59 Å². The highest BCUT2D eigenvalue weighted by molar-refractivity contribution is 9.11. The Bertz CT molecular complexity index is 392. The van der Waals surface area contributed by atoms with Gasteiger partial charge in [0.2, 0.25) is 0 Å². The second-order valence-corrected chi connectivity index (χ2v) is 5.67. The molecule has 15 heavy (non-hydrogen) atoms. The Morgan fingerprint density at radius 2 is 2.07 bits per heavy atom. The van der Waals surface area contributed by atoms with Crippen LogP contribution in [0.5, 0.6) is 0 Å². The molecule has 1 aromatic heterocycles. The maximum absolute atomic E-state index is 12.0. The standard InChI is InChI=1S/C10H10BrNO2S/c11-9-8(3-6-15-9)10(14)12-4-1-7(13)2-5-12/h3,6H,1-2,4-5H2. The zero-order chi connectivity index (χ0) is 10.8. The van der Waals surface area contributed by atoms with Gasteiger partial charge in [-0.1, -0.05) is 0 Å². The predicted octanol–water partition coefficient (Wildman–Crippen LogP) is 2.32. The molecule has 1 aliphatic rings. The predicted molar refractivity (Wildman–Crippen MR) is 62.2 cm³/mol. The molecule has 1 amide bonds. The molecule has 2 heterocycles. The van der Waals surface area contributed by atoms with Crippen molar-refractivity contribution in [3.63, 3.8) is 0 Å². The van der Waals surface area contributed by atoms with Crippen molar-refractivity contribution in [3.8, 4) is 0 Å². The lowest BCUT2D eigenvalue weighted by Gasteiger charge is -2.25. The van der Waals surface area contributed by atoms with E-state index in [0.717, 1.165) is 3.79 Å². The number of piperidine rings is 1.